The molecular formula is C17H23BrClN3O3S2. The number of halogens is 2. The second kappa shape index (κ2) is 9.58. The van der Waals surface area contributed by atoms with Gasteiger partial charge in [-0.1, -0.05) is 43.0 Å². The van der Waals surface area contributed by atoms with Crippen molar-refractivity contribution in [3.05, 3.63) is 54.1 Å². The molecule has 6 nitrogen and oxygen atoms in total. The van der Waals surface area contributed by atoms with E-state index in [1.807, 2.05) is 16.4 Å². The van der Waals surface area contributed by atoms with E-state index in [2.05, 4.69) is 13.2 Å². The van der Waals surface area contributed by atoms with Crippen LogP contribution in [0.4, 0.5) is 0 Å². The number of sulfonamides is 1. The minimum Gasteiger partial charge on any atom is -1.00 e. The van der Waals surface area contributed by atoms with Crippen LogP contribution in [0.5, 0.6) is 0 Å². The fourth-order valence-corrected chi connectivity index (χ4v) is 5.38. The highest BCUT2D eigenvalue weighted by Gasteiger charge is 2.51. The average molecular weight is 497 g/mol. The number of hydrogen-bond acceptors (Lipinski definition) is 4. The van der Waals surface area contributed by atoms with Gasteiger partial charge >= 0.3 is 5.17 Å². The second-order valence-electron chi connectivity index (χ2n) is 5.80. The van der Waals surface area contributed by atoms with Crippen molar-refractivity contribution in [2.24, 2.45) is 5.14 Å². The molecule has 1 aliphatic heterocycles. The Labute approximate surface area is 180 Å². The van der Waals surface area contributed by atoms with Crippen molar-refractivity contribution >= 4 is 38.6 Å². The van der Waals surface area contributed by atoms with Gasteiger partial charge in [-0.15, -0.1) is 0 Å². The van der Waals surface area contributed by atoms with Crippen molar-refractivity contribution in [1.29, 1.82) is 0 Å². The van der Waals surface area contributed by atoms with Crippen molar-refractivity contribution in [2.75, 3.05) is 25.4 Å². The Bertz CT molecular complexity index is 849. The molecule has 0 amide bonds. The maximum absolute atomic E-state index is 11.8. The van der Waals surface area contributed by atoms with Crippen LogP contribution in [-0.4, -0.2) is 53.6 Å². The molecule has 0 aromatic heterocycles. The number of nitrogens with zero attached hydrogens (tertiary/aromatic N) is 2. The Hall–Kier alpha value is -0.840. The number of rotatable bonds is 7. The molecular weight excluding hydrogens is 474 g/mol. The Morgan fingerprint density at radius 1 is 1.41 bits per heavy atom. The van der Waals surface area contributed by atoms with E-state index in [9.17, 15) is 13.5 Å². The summed E-state index contributed by atoms with van der Waals surface area (Å²) in [6, 6.07) is 4.40. The third-order valence-corrected chi connectivity index (χ3v) is 6.74. The van der Waals surface area contributed by atoms with Gasteiger partial charge in [0.2, 0.25) is 15.7 Å². The molecule has 0 spiro atoms. The summed E-state index contributed by atoms with van der Waals surface area (Å²) in [5, 5.41) is 17.5. The molecule has 27 heavy (non-hydrogen) atoms. The van der Waals surface area contributed by atoms with Gasteiger partial charge in [0.05, 0.1) is 17.3 Å². The summed E-state index contributed by atoms with van der Waals surface area (Å²) in [5.74, 6) is 0.340. The Balaban J connectivity index is 0.00000364. The lowest BCUT2D eigenvalue weighted by atomic mass is 10.0. The van der Waals surface area contributed by atoms with Gasteiger partial charge < -0.3 is 22.1 Å². The molecule has 1 unspecified atom stereocenters. The second-order valence-corrected chi connectivity index (χ2v) is 8.68. The number of hydrogen-bond donors (Lipinski definition) is 2. The number of amidine groups is 1. The lowest BCUT2D eigenvalue weighted by Gasteiger charge is -2.28. The van der Waals surface area contributed by atoms with E-state index in [1.165, 1.54) is 23.9 Å². The molecule has 1 aromatic rings. The third kappa shape index (κ3) is 4.96. The first-order chi connectivity index (χ1) is 12.2. The Morgan fingerprint density at radius 3 is 2.48 bits per heavy atom. The van der Waals surface area contributed by atoms with E-state index >= 15 is 0 Å². The molecule has 1 aliphatic rings. The SMILES string of the molecule is C=CC[N+](CC=C)=C1SCC(O)(c2ccc(Cl)c(S(N)(=O)=O)c2)N1CC.[Br-]. The highest BCUT2D eigenvalue weighted by molar-refractivity contribution is 8.13. The third-order valence-electron chi connectivity index (χ3n) is 4.07. The number of benzene rings is 1. The summed E-state index contributed by atoms with van der Waals surface area (Å²) in [7, 11) is -4.00. The fourth-order valence-electron chi connectivity index (χ4n) is 2.89. The molecule has 150 valence electrons. The topological polar surface area (TPSA) is 86.6 Å². The van der Waals surface area contributed by atoms with Gasteiger partial charge in [0, 0.05) is 5.56 Å². The molecule has 1 atom stereocenters. The van der Waals surface area contributed by atoms with E-state index in [0.717, 1.165) is 5.17 Å². The van der Waals surface area contributed by atoms with E-state index in [-0.39, 0.29) is 26.9 Å². The van der Waals surface area contributed by atoms with Gasteiger partial charge in [-0.05, 0) is 30.8 Å². The van der Waals surface area contributed by atoms with Crippen LogP contribution in [0.3, 0.4) is 0 Å². The van der Waals surface area contributed by atoms with Gasteiger partial charge in [0.15, 0.2) is 0 Å². The fraction of sp³-hybridized carbons (Fsp3) is 0.353. The van der Waals surface area contributed by atoms with Crippen molar-refractivity contribution in [3.63, 3.8) is 0 Å². The van der Waals surface area contributed by atoms with Crippen LogP contribution in [0.1, 0.15) is 12.5 Å². The molecule has 0 radical (unpaired) electrons. The standard InChI is InChI=1S/C17H23ClN3O3S2.BrH/c1-4-9-20(10-5-2)16-21(6-3)17(22,12-25-16)13-7-8-14(18)15(11-13)26(19,23)24;/h4-5,7-8,11,22H,1-2,6,9-10,12H2,3H3,(H2,19,23,24);1H/q+1;/p-1. The number of primary sulfonamides is 1. The number of nitrogens with two attached hydrogens (primary N) is 1. The Morgan fingerprint density at radius 2 is 2.00 bits per heavy atom. The van der Waals surface area contributed by atoms with Crippen molar-refractivity contribution in [1.82, 2.24) is 4.90 Å². The molecule has 1 fully saturated rings. The van der Waals surface area contributed by atoms with Crippen molar-refractivity contribution < 1.29 is 35.1 Å². The molecule has 10 heteroatoms. The van der Waals surface area contributed by atoms with Gasteiger partial charge in [0.25, 0.3) is 0 Å². The van der Waals surface area contributed by atoms with Gasteiger partial charge in [-0.3, -0.25) is 0 Å². The molecule has 2 rings (SSSR count). The van der Waals surface area contributed by atoms with E-state index < -0.39 is 15.7 Å². The molecule has 1 aromatic carbocycles. The first kappa shape index (κ1) is 24.2. The summed E-state index contributed by atoms with van der Waals surface area (Å²) < 4.78 is 25.6. The summed E-state index contributed by atoms with van der Waals surface area (Å²) in [5.41, 5.74) is -0.952. The summed E-state index contributed by atoms with van der Waals surface area (Å²) in [6.45, 7) is 11.2. The molecule has 1 heterocycles. The van der Waals surface area contributed by atoms with Crippen molar-refractivity contribution in [3.8, 4) is 0 Å². The molecule has 0 aliphatic carbocycles. The average Bonchev–Trinajstić information content (AvgIpc) is 2.91. The van der Waals surface area contributed by atoms with E-state index in [4.69, 9.17) is 16.7 Å². The van der Waals surface area contributed by atoms with Crippen LogP contribution in [-0.2, 0) is 15.7 Å². The van der Waals surface area contributed by atoms with Crippen LogP contribution in [0.15, 0.2) is 48.4 Å². The quantitative estimate of drug-likeness (QED) is 0.371. The Kier molecular flexibility index (Phi) is 8.58. The first-order valence-electron chi connectivity index (χ1n) is 7.98. The predicted molar refractivity (Wildman–Crippen MR) is 107 cm³/mol. The summed E-state index contributed by atoms with van der Waals surface area (Å²) in [6.07, 6.45) is 3.56. The maximum atomic E-state index is 11.8. The zero-order valence-electron chi connectivity index (χ0n) is 14.9. The summed E-state index contributed by atoms with van der Waals surface area (Å²) >= 11 is 7.46. The molecule has 0 bridgehead atoms. The zero-order valence-corrected chi connectivity index (χ0v) is 18.9. The highest BCUT2D eigenvalue weighted by Crippen LogP contribution is 2.40. The van der Waals surface area contributed by atoms with Crippen LogP contribution in [0, 0.1) is 0 Å². The van der Waals surface area contributed by atoms with E-state index in [1.54, 1.807) is 18.2 Å². The van der Waals surface area contributed by atoms with E-state index in [0.29, 0.717) is 31.0 Å². The van der Waals surface area contributed by atoms with Gasteiger partial charge in [0.1, 0.15) is 18.0 Å². The normalized spacial score (nSPS) is 19.6. The first-order valence-corrected chi connectivity index (χ1v) is 10.9. The molecule has 0 saturated carbocycles. The largest absolute Gasteiger partial charge is 1.00 e. The van der Waals surface area contributed by atoms with Crippen LogP contribution >= 0.6 is 23.4 Å². The monoisotopic (exact) mass is 495 g/mol. The smallest absolute Gasteiger partial charge is 0.311 e. The lowest BCUT2D eigenvalue weighted by Crippen LogP contribution is -3.00. The van der Waals surface area contributed by atoms with Crippen LogP contribution in [0.2, 0.25) is 5.02 Å². The number of aliphatic hydroxyl groups is 1. The predicted octanol–water partition coefficient (Wildman–Crippen LogP) is -1.05. The van der Waals surface area contributed by atoms with Gasteiger partial charge in [-0.25, -0.2) is 23.0 Å². The van der Waals surface area contributed by atoms with Crippen molar-refractivity contribution in [2.45, 2.75) is 17.5 Å². The number of thioether (sulfide) groups is 1. The lowest BCUT2D eigenvalue weighted by molar-refractivity contribution is -0.510. The van der Waals surface area contributed by atoms with Crippen LogP contribution in [0.25, 0.3) is 0 Å². The highest BCUT2D eigenvalue weighted by atomic mass is 79.9. The minimum atomic E-state index is -4.00. The maximum Gasteiger partial charge on any atom is 0.311 e. The minimum absolute atomic E-state index is 0. The molecule has 3 N–H and O–H groups in total. The molecule has 1 saturated heterocycles. The summed E-state index contributed by atoms with van der Waals surface area (Å²) in [4.78, 5) is 1.63. The zero-order chi connectivity index (χ0) is 19.5. The van der Waals surface area contributed by atoms with Gasteiger partial charge in [-0.2, -0.15) is 0 Å². The van der Waals surface area contributed by atoms with Crippen LogP contribution < -0.4 is 22.1 Å².